The lowest BCUT2D eigenvalue weighted by molar-refractivity contribution is -0.117. The number of benzene rings is 1. The molecular weight excluding hydrogens is 427 g/mol. The number of hydrogen-bond acceptors (Lipinski definition) is 5. The number of rotatable bonds is 5. The van der Waals surface area contributed by atoms with E-state index in [1.807, 2.05) is 0 Å². The Labute approximate surface area is 188 Å². The van der Waals surface area contributed by atoms with Crippen molar-refractivity contribution in [3.05, 3.63) is 48.2 Å². The third-order valence-electron chi connectivity index (χ3n) is 5.52. The topological polar surface area (TPSA) is 106 Å². The summed E-state index contributed by atoms with van der Waals surface area (Å²) in [6.07, 6.45) is 7.36. The molecule has 9 heteroatoms. The third-order valence-corrected chi connectivity index (χ3v) is 5.52. The van der Waals surface area contributed by atoms with Crippen LogP contribution in [-0.4, -0.2) is 28.9 Å². The smallest absolute Gasteiger partial charge is 0.248 e. The fourth-order valence-corrected chi connectivity index (χ4v) is 4.10. The Morgan fingerprint density at radius 1 is 1.13 bits per heavy atom. The molecular formula is C21H26Cl2N4O3. The second-order valence-corrected chi connectivity index (χ2v) is 7.47. The molecule has 2 amide bonds. The van der Waals surface area contributed by atoms with Crippen molar-refractivity contribution >= 4 is 42.3 Å². The molecule has 1 aromatic carbocycles. The van der Waals surface area contributed by atoms with E-state index in [-0.39, 0.29) is 36.8 Å². The van der Waals surface area contributed by atoms with E-state index in [1.54, 1.807) is 42.6 Å². The molecule has 7 nitrogen and oxygen atoms in total. The van der Waals surface area contributed by atoms with Crippen LogP contribution in [0.2, 0.25) is 0 Å². The molecule has 0 bridgehead atoms. The molecule has 1 aliphatic heterocycles. The number of nitrogens with two attached hydrogens (primary N) is 1. The highest BCUT2D eigenvalue weighted by atomic mass is 35.5. The van der Waals surface area contributed by atoms with Crippen LogP contribution < -0.4 is 21.1 Å². The zero-order valence-electron chi connectivity index (χ0n) is 16.4. The molecule has 30 heavy (non-hydrogen) atoms. The highest BCUT2D eigenvalue weighted by Gasteiger charge is 2.38. The molecule has 1 aliphatic carbocycles. The first-order chi connectivity index (χ1) is 13.6. The number of pyridine rings is 1. The molecule has 2 aliphatic rings. The van der Waals surface area contributed by atoms with Gasteiger partial charge in [0.05, 0.1) is 17.9 Å². The van der Waals surface area contributed by atoms with Gasteiger partial charge >= 0.3 is 0 Å². The van der Waals surface area contributed by atoms with Crippen LogP contribution in [0.5, 0.6) is 11.6 Å². The standard InChI is InChI=1S/C21H24N4O3.2ClH/c22-20(26)14-5-3-6-16(10-14)28-19-9-8-15(12-23-19)24-21(27)18-11-13-4-1-2-7-17(13)25-18;;/h3,5-6,8-10,12-13,17-18,25H,1-2,4,7,11H2,(H2,22,26)(H,24,27);2*1H. The van der Waals surface area contributed by atoms with Gasteiger partial charge in [-0.15, -0.1) is 24.8 Å². The maximum absolute atomic E-state index is 12.6. The molecule has 4 rings (SSSR count). The maximum atomic E-state index is 12.6. The van der Waals surface area contributed by atoms with Crippen molar-refractivity contribution < 1.29 is 14.3 Å². The minimum Gasteiger partial charge on any atom is -0.439 e. The van der Waals surface area contributed by atoms with Gasteiger partial charge in [-0.3, -0.25) is 9.59 Å². The van der Waals surface area contributed by atoms with Crippen LogP contribution in [0.4, 0.5) is 5.69 Å². The monoisotopic (exact) mass is 452 g/mol. The van der Waals surface area contributed by atoms with Gasteiger partial charge in [-0.1, -0.05) is 18.9 Å². The molecule has 1 saturated heterocycles. The average Bonchev–Trinajstić information content (AvgIpc) is 3.14. The van der Waals surface area contributed by atoms with Gasteiger partial charge in [-0.2, -0.15) is 0 Å². The quantitative estimate of drug-likeness (QED) is 0.641. The largest absolute Gasteiger partial charge is 0.439 e. The van der Waals surface area contributed by atoms with Crippen LogP contribution in [0, 0.1) is 5.92 Å². The van der Waals surface area contributed by atoms with Crippen molar-refractivity contribution in [1.82, 2.24) is 10.3 Å². The molecule has 2 heterocycles. The number of amides is 2. The number of halogens is 2. The van der Waals surface area contributed by atoms with Gasteiger partial charge < -0.3 is 21.1 Å². The molecule has 3 unspecified atom stereocenters. The van der Waals surface area contributed by atoms with E-state index in [4.69, 9.17) is 10.5 Å². The normalized spacial score (nSPS) is 22.1. The number of carbonyl (C=O) groups excluding carboxylic acids is 2. The van der Waals surface area contributed by atoms with Crippen molar-refractivity contribution in [2.75, 3.05) is 5.32 Å². The Kier molecular flexibility index (Phi) is 8.46. The predicted octanol–water partition coefficient (Wildman–Crippen LogP) is 3.68. The molecule has 2 fully saturated rings. The lowest BCUT2D eigenvalue weighted by Crippen LogP contribution is -2.39. The number of nitrogens with one attached hydrogen (secondary N) is 2. The van der Waals surface area contributed by atoms with Gasteiger partial charge in [0.15, 0.2) is 0 Å². The number of fused-ring (bicyclic) bond motifs is 1. The van der Waals surface area contributed by atoms with Gasteiger partial charge in [-0.25, -0.2) is 4.98 Å². The Morgan fingerprint density at radius 3 is 2.63 bits per heavy atom. The van der Waals surface area contributed by atoms with Crippen LogP contribution in [0.15, 0.2) is 42.6 Å². The fourth-order valence-electron chi connectivity index (χ4n) is 4.10. The average molecular weight is 453 g/mol. The third kappa shape index (κ3) is 5.62. The van der Waals surface area contributed by atoms with Crippen molar-refractivity contribution in [1.29, 1.82) is 0 Å². The number of aromatic nitrogens is 1. The zero-order chi connectivity index (χ0) is 19.5. The fraction of sp³-hybridized carbons (Fsp3) is 0.381. The number of primary amides is 1. The van der Waals surface area contributed by atoms with Gasteiger partial charge in [0, 0.05) is 17.7 Å². The maximum Gasteiger partial charge on any atom is 0.248 e. The second kappa shape index (κ2) is 10.6. The van der Waals surface area contributed by atoms with Crippen LogP contribution >= 0.6 is 24.8 Å². The van der Waals surface area contributed by atoms with Crippen molar-refractivity contribution in [2.45, 2.75) is 44.2 Å². The molecule has 1 aromatic heterocycles. The Morgan fingerprint density at radius 2 is 1.93 bits per heavy atom. The van der Waals surface area contributed by atoms with E-state index in [1.165, 1.54) is 25.7 Å². The Balaban J connectivity index is 0.00000160. The van der Waals surface area contributed by atoms with E-state index >= 15 is 0 Å². The molecule has 4 N–H and O–H groups in total. The van der Waals surface area contributed by atoms with Crippen molar-refractivity contribution in [3.8, 4) is 11.6 Å². The first kappa shape index (κ1) is 23.9. The SMILES string of the molecule is Cl.Cl.NC(=O)c1cccc(Oc2ccc(NC(=O)C3CC4CCCCC4N3)cn2)c1. The summed E-state index contributed by atoms with van der Waals surface area (Å²) in [7, 11) is 0. The van der Waals surface area contributed by atoms with Gasteiger partial charge in [-0.05, 0) is 49.4 Å². The molecule has 162 valence electrons. The van der Waals surface area contributed by atoms with E-state index < -0.39 is 5.91 Å². The van der Waals surface area contributed by atoms with E-state index in [9.17, 15) is 9.59 Å². The van der Waals surface area contributed by atoms with Crippen molar-refractivity contribution in [3.63, 3.8) is 0 Å². The van der Waals surface area contributed by atoms with Crippen molar-refractivity contribution in [2.24, 2.45) is 11.7 Å². The number of nitrogens with zero attached hydrogens (tertiary/aromatic N) is 1. The zero-order valence-corrected chi connectivity index (χ0v) is 18.0. The summed E-state index contributed by atoms with van der Waals surface area (Å²) in [4.78, 5) is 28.0. The lowest BCUT2D eigenvalue weighted by atomic mass is 9.85. The highest BCUT2D eigenvalue weighted by molar-refractivity contribution is 5.95. The summed E-state index contributed by atoms with van der Waals surface area (Å²) in [5.74, 6) is 0.924. The summed E-state index contributed by atoms with van der Waals surface area (Å²) in [6.45, 7) is 0. The molecule has 2 aromatic rings. The van der Waals surface area contributed by atoms with E-state index in [0.717, 1.165) is 6.42 Å². The predicted molar refractivity (Wildman–Crippen MR) is 120 cm³/mol. The van der Waals surface area contributed by atoms with Crippen LogP contribution in [0.1, 0.15) is 42.5 Å². The molecule has 3 atom stereocenters. The summed E-state index contributed by atoms with van der Waals surface area (Å²) in [5.41, 5.74) is 6.27. The minimum atomic E-state index is -0.517. The Bertz CT molecular complexity index is 865. The number of ether oxygens (including phenoxy) is 1. The summed E-state index contributed by atoms with van der Waals surface area (Å²) in [5, 5.41) is 6.40. The van der Waals surface area contributed by atoms with Crippen LogP contribution in [-0.2, 0) is 4.79 Å². The number of hydrogen-bond donors (Lipinski definition) is 3. The van der Waals surface area contributed by atoms with E-state index in [0.29, 0.717) is 34.8 Å². The Hall–Kier alpha value is -2.35. The summed E-state index contributed by atoms with van der Waals surface area (Å²) < 4.78 is 5.65. The number of anilines is 1. The first-order valence-electron chi connectivity index (χ1n) is 9.69. The molecule has 0 radical (unpaired) electrons. The van der Waals surface area contributed by atoms with Gasteiger partial charge in [0.1, 0.15) is 5.75 Å². The second-order valence-electron chi connectivity index (χ2n) is 7.47. The van der Waals surface area contributed by atoms with Crippen LogP contribution in [0.3, 0.4) is 0 Å². The first-order valence-corrected chi connectivity index (χ1v) is 9.69. The molecule has 0 spiro atoms. The van der Waals surface area contributed by atoms with Gasteiger partial charge in [0.25, 0.3) is 0 Å². The lowest BCUT2D eigenvalue weighted by Gasteiger charge is -2.24. The van der Waals surface area contributed by atoms with Gasteiger partial charge in [0.2, 0.25) is 17.7 Å². The van der Waals surface area contributed by atoms with E-state index in [2.05, 4.69) is 15.6 Å². The summed E-state index contributed by atoms with van der Waals surface area (Å²) in [6, 6.07) is 10.4. The van der Waals surface area contributed by atoms with Crippen LogP contribution in [0.25, 0.3) is 0 Å². The molecule has 1 saturated carbocycles. The number of carbonyl (C=O) groups is 2. The highest BCUT2D eigenvalue weighted by Crippen LogP contribution is 2.33. The summed E-state index contributed by atoms with van der Waals surface area (Å²) >= 11 is 0. The minimum absolute atomic E-state index is 0.